The first-order chi connectivity index (χ1) is 9.93. The van der Waals surface area contributed by atoms with Crippen LogP contribution < -0.4 is 4.74 Å². The molecule has 0 atom stereocenters. The summed E-state index contributed by atoms with van der Waals surface area (Å²) in [4.78, 5) is 26.6. The fourth-order valence-electron chi connectivity index (χ4n) is 1.56. The van der Waals surface area contributed by atoms with Crippen LogP contribution in [-0.2, 0) is 14.4 Å². The summed E-state index contributed by atoms with van der Waals surface area (Å²) in [6.45, 7) is 2.41. The molecule has 114 valence electrons. The predicted molar refractivity (Wildman–Crippen MR) is 76.0 cm³/mol. The molecule has 0 aromatic heterocycles. The third kappa shape index (κ3) is 5.91. The Bertz CT molecular complexity index is 560. The summed E-state index contributed by atoms with van der Waals surface area (Å²) in [7, 11) is 0. The summed E-state index contributed by atoms with van der Waals surface area (Å²) in [6, 6.07) is 3.68. The summed E-state index contributed by atoms with van der Waals surface area (Å²) in [6.07, 6.45) is 0.954. The zero-order chi connectivity index (χ0) is 15.8. The van der Waals surface area contributed by atoms with Crippen LogP contribution in [0.2, 0.25) is 0 Å². The number of benzene rings is 1. The van der Waals surface area contributed by atoms with E-state index in [2.05, 4.69) is 9.99 Å². The molecule has 0 spiro atoms. The van der Waals surface area contributed by atoms with Gasteiger partial charge >= 0.3 is 11.9 Å². The van der Waals surface area contributed by atoms with Crippen LogP contribution in [0.1, 0.15) is 32.3 Å². The fourth-order valence-corrected chi connectivity index (χ4v) is 1.69. The Balaban J connectivity index is 3.18. The smallest absolute Gasteiger partial charge is 0.331 e. The number of oxime groups is 1. The molecular formula is C14H15ClFNO4. The Morgan fingerprint density at radius 1 is 1.29 bits per heavy atom. The van der Waals surface area contributed by atoms with Crippen LogP contribution in [0.15, 0.2) is 23.4 Å². The third-order valence-electron chi connectivity index (χ3n) is 2.34. The zero-order valence-corrected chi connectivity index (χ0v) is 12.4. The van der Waals surface area contributed by atoms with Gasteiger partial charge in [0.25, 0.3) is 0 Å². The number of nitrogens with zero attached hydrogens (tertiary/aromatic N) is 1. The molecule has 0 aliphatic rings. The van der Waals surface area contributed by atoms with E-state index in [0.29, 0.717) is 30.0 Å². The Kier molecular flexibility index (Phi) is 6.81. The van der Waals surface area contributed by atoms with Crippen molar-refractivity contribution in [3.8, 4) is 5.75 Å². The van der Waals surface area contributed by atoms with Crippen LogP contribution in [-0.4, -0.2) is 23.5 Å². The molecule has 0 N–H and O–H groups in total. The Labute approximate surface area is 126 Å². The maximum Gasteiger partial charge on any atom is 0.331 e. The van der Waals surface area contributed by atoms with Crippen molar-refractivity contribution in [2.24, 2.45) is 5.16 Å². The molecular weight excluding hydrogens is 301 g/mol. The van der Waals surface area contributed by atoms with E-state index in [1.54, 1.807) is 0 Å². The molecule has 1 rings (SSSR count). The Hall–Kier alpha value is -1.95. The second kappa shape index (κ2) is 8.36. The van der Waals surface area contributed by atoms with Gasteiger partial charge in [-0.25, -0.2) is 9.18 Å². The zero-order valence-electron chi connectivity index (χ0n) is 11.7. The van der Waals surface area contributed by atoms with Crippen LogP contribution in [0.5, 0.6) is 5.75 Å². The van der Waals surface area contributed by atoms with E-state index in [1.807, 2.05) is 0 Å². The highest BCUT2D eigenvalue weighted by molar-refractivity contribution is 6.18. The minimum absolute atomic E-state index is 0.0166. The van der Waals surface area contributed by atoms with Crippen molar-refractivity contribution >= 4 is 29.3 Å². The summed E-state index contributed by atoms with van der Waals surface area (Å²) in [5.41, 5.74) is 0.722. The highest BCUT2D eigenvalue weighted by atomic mass is 35.5. The fraction of sp³-hybridized carbons (Fsp3) is 0.357. The molecule has 7 heteroatoms. The van der Waals surface area contributed by atoms with Crippen molar-refractivity contribution in [1.82, 2.24) is 0 Å². The highest BCUT2D eigenvalue weighted by Crippen LogP contribution is 2.23. The van der Waals surface area contributed by atoms with Crippen LogP contribution in [0.4, 0.5) is 4.39 Å². The second-order valence-electron chi connectivity index (χ2n) is 4.15. The summed E-state index contributed by atoms with van der Waals surface area (Å²) in [5, 5.41) is 3.72. The van der Waals surface area contributed by atoms with Gasteiger partial charge in [-0.3, -0.25) is 4.79 Å². The number of halogens is 2. The molecule has 0 unspecified atom stereocenters. The third-order valence-corrected chi connectivity index (χ3v) is 2.61. The Morgan fingerprint density at radius 2 is 2.00 bits per heavy atom. The molecule has 0 aliphatic carbocycles. The number of carbonyl (C=O) groups excluding carboxylic acids is 2. The second-order valence-corrected chi connectivity index (χ2v) is 4.53. The highest BCUT2D eigenvalue weighted by Gasteiger charge is 2.14. The van der Waals surface area contributed by atoms with Gasteiger partial charge in [-0.2, -0.15) is 0 Å². The molecule has 0 aliphatic heterocycles. The lowest BCUT2D eigenvalue weighted by atomic mass is 10.0. The molecule has 21 heavy (non-hydrogen) atoms. The quantitative estimate of drug-likeness (QED) is 0.202. The van der Waals surface area contributed by atoms with Gasteiger partial charge in [0.05, 0.1) is 5.71 Å². The molecule has 0 fully saturated rings. The molecule has 0 heterocycles. The van der Waals surface area contributed by atoms with E-state index in [4.69, 9.17) is 16.3 Å². The molecule has 0 amide bonds. The number of carbonyl (C=O) groups is 2. The SMILES string of the molecule is CC(=O)ON=C(CCCCl)c1ccc(F)cc1OC(C)=O. The van der Waals surface area contributed by atoms with Gasteiger partial charge in [0.2, 0.25) is 0 Å². The average molecular weight is 316 g/mol. The lowest BCUT2D eigenvalue weighted by Crippen LogP contribution is -2.10. The first-order valence-corrected chi connectivity index (χ1v) is 6.76. The molecule has 0 radical (unpaired) electrons. The Morgan fingerprint density at radius 3 is 2.57 bits per heavy atom. The molecule has 1 aromatic carbocycles. The van der Waals surface area contributed by atoms with Crippen molar-refractivity contribution in [3.05, 3.63) is 29.6 Å². The summed E-state index contributed by atoms with van der Waals surface area (Å²) >= 11 is 5.64. The summed E-state index contributed by atoms with van der Waals surface area (Å²) in [5.74, 6) is -1.34. The van der Waals surface area contributed by atoms with Crippen molar-refractivity contribution < 1.29 is 23.6 Å². The van der Waals surface area contributed by atoms with Crippen molar-refractivity contribution in [3.63, 3.8) is 0 Å². The lowest BCUT2D eigenvalue weighted by molar-refractivity contribution is -0.141. The average Bonchev–Trinajstić information content (AvgIpc) is 2.39. The number of ether oxygens (including phenoxy) is 1. The first-order valence-electron chi connectivity index (χ1n) is 6.22. The van der Waals surface area contributed by atoms with Gasteiger partial charge in [0, 0.05) is 31.4 Å². The molecule has 0 saturated heterocycles. The lowest BCUT2D eigenvalue weighted by Gasteiger charge is -2.11. The van der Waals surface area contributed by atoms with Crippen LogP contribution in [0, 0.1) is 5.82 Å². The number of rotatable bonds is 6. The van der Waals surface area contributed by atoms with Crippen molar-refractivity contribution in [2.75, 3.05) is 5.88 Å². The van der Waals surface area contributed by atoms with Crippen LogP contribution in [0.25, 0.3) is 0 Å². The van der Waals surface area contributed by atoms with Gasteiger partial charge in [0.15, 0.2) is 0 Å². The van der Waals surface area contributed by atoms with E-state index in [0.717, 1.165) is 6.07 Å². The molecule has 0 bridgehead atoms. The standard InChI is InChI=1S/C14H15ClFNO4/c1-9(18)20-14-8-11(16)5-6-12(14)13(4-3-7-15)17-21-10(2)19/h5-6,8H,3-4,7H2,1-2H3. The van der Waals surface area contributed by atoms with Gasteiger partial charge in [0.1, 0.15) is 11.6 Å². The monoisotopic (exact) mass is 315 g/mol. The van der Waals surface area contributed by atoms with E-state index in [1.165, 1.54) is 26.0 Å². The number of hydrogen-bond donors (Lipinski definition) is 0. The predicted octanol–water partition coefficient (Wildman–Crippen LogP) is 3.04. The van der Waals surface area contributed by atoms with Crippen LogP contribution >= 0.6 is 11.6 Å². The van der Waals surface area contributed by atoms with E-state index in [-0.39, 0.29) is 5.75 Å². The molecule has 5 nitrogen and oxygen atoms in total. The topological polar surface area (TPSA) is 65.0 Å². The van der Waals surface area contributed by atoms with Crippen molar-refractivity contribution in [2.45, 2.75) is 26.7 Å². The molecule has 1 aromatic rings. The van der Waals surface area contributed by atoms with Gasteiger partial charge in [-0.15, -0.1) is 11.6 Å². The largest absolute Gasteiger partial charge is 0.426 e. The van der Waals surface area contributed by atoms with Crippen molar-refractivity contribution in [1.29, 1.82) is 0 Å². The minimum Gasteiger partial charge on any atom is -0.426 e. The first kappa shape index (κ1) is 17.1. The van der Waals surface area contributed by atoms with E-state index >= 15 is 0 Å². The van der Waals surface area contributed by atoms with Gasteiger partial charge in [-0.1, -0.05) is 5.16 Å². The number of alkyl halides is 1. The number of esters is 1. The normalized spacial score (nSPS) is 11.1. The maximum absolute atomic E-state index is 13.3. The molecule has 0 saturated carbocycles. The van der Waals surface area contributed by atoms with Crippen LogP contribution in [0.3, 0.4) is 0 Å². The van der Waals surface area contributed by atoms with Gasteiger partial charge in [-0.05, 0) is 25.0 Å². The summed E-state index contributed by atoms with van der Waals surface area (Å²) < 4.78 is 18.3. The maximum atomic E-state index is 13.3. The van der Waals surface area contributed by atoms with E-state index < -0.39 is 17.8 Å². The minimum atomic E-state index is -0.592. The van der Waals surface area contributed by atoms with E-state index in [9.17, 15) is 14.0 Å². The number of hydrogen-bond acceptors (Lipinski definition) is 5. The van der Waals surface area contributed by atoms with Gasteiger partial charge < -0.3 is 9.57 Å².